The topological polar surface area (TPSA) is 0 Å². The molecule has 6 fully saturated rings. The van der Waals surface area contributed by atoms with E-state index in [1.165, 1.54) is 128 Å². The molecule has 7 rings (SSSR count). The molecule has 0 nitrogen and oxygen atoms in total. The molecule has 0 atom stereocenters. The summed E-state index contributed by atoms with van der Waals surface area (Å²) in [6.45, 7) is 0. The van der Waals surface area contributed by atoms with E-state index in [1.54, 1.807) is 77.0 Å². The molecule has 0 aromatic heterocycles. The summed E-state index contributed by atoms with van der Waals surface area (Å²) in [6.07, 6.45) is 47.0. The molecule has 0 bridgehead atoms. The Balaban J connectivity index is 0.00000401. The molecule has 6 saturated carbocycles. The summed E-state index contributed by atoms with van der Waals surface area (Å²) in [5.41, 5.74) is 7.44. The summed E-state index contributed by atoms with van der Waals surface area (Å²) >= 11 is 0. The average molecular weight is 786 g/mol. The van der Waals surface area contributed by atoms with Crippen LogP contribution in [-0.4, -0.2) is 39.4 Å². The van der Waals surface area contributed by atoms with Crippen LogP contribution >= 0.6 is 14.5 Å². The minimum absolute atomic E-state index is 0. The van der Waals surface area contributed by atoms with E-state index in [9.17, 15) is 0 Å². The van der Waals surface area contributed by atoms with Gasteiger partial charge in [-0.1, -0.05) is 0 Å². The third-order valence-electron chi connectivity index (χ3n) is 16.5. The monoisotopic (exact) mass is 786 g/mol. The Labute approximate surface area is 310 Å². The van der Waals surface area contributed by atoms with Crippen LogP contribution in [0.25, 0.3) is 0 Å². The van der Waals surface area contributed by atoms with Crippen molar-refractivity contribution in [2.75, 3.05) is 0 Å². The molecule has 48 heavy (non-hydrogen) atoms. The van der Waals surface area contributed by atoms with Crippen molar-refractivity contribution in [3.8, 4) is 0 Å². The standard InChI is InChI=1S/C44H75FP2.Ru/c45-43-34-20-19-21-36(43)35-44(46(37-22-7-1-8-23-37,38-24-9-2-10-25-38)39-26-11-3-12-27-39)47(40-28-13-4-14-29-40,41-30-15-5-16-31-41)42-32-17-6-18-33-42;/h19-21,34,37-42,44,46-47H,1-18,22-33,35H2;. The van der Waals surface area contributed by atoms with Gasteiger partial charge >= 0.3 is 293 Å². The van der Waals surface area contributed by atoms with Gasteiger partial charge in [0.1, 0.15) is 0 Å². The second-order valence-corrected chi connectivity index (χ2v) is 29.2. The number of benzene rings is 1. The van der Waals surface area contributed by atoms with Gasteiger partial charge in [-0.2, -0.15) is 0 Å². The summed E-state index contributed by atoms with van der Waals surface area (Å²) in [5.74, 6) is 0.162. The average Bonchev–Trinajstić information content (AvgIpc) is 3.16. The molecule has 6 aliphatic carbocycles. The zero-order chi connectivity index (χ0) is 31.9. The zero-order valence-electron chi connectivity index (χ0n) is 31.0. The zero-order valence-corrected chi connectivity index (χ0v) is 34.7. The van der Waals surface area contributed by atoms with Crippen molar-refractivity contribution in [3.63, 3.8) is 0 Å². The summed E-state index contributed by atoms with van der Waals surface area (Å²) in [7, 11) is -3.84. The van der Waals surface area contributed by atoms with Gasteiger partial charge in [0, 0.05) is 19.5 Å². The molecule has 0 saturated heterocycles. The van der Waals surface area contributed by atoms with Crippen molar-refractivity contribution in [1.82, 2.24) is 0 Å². The quantitative estimate of drug-likeness (QED) is 0.164. The van der Waals surface area contributed by atoms with Gasteiger partial charge in [-0.25, -0.2) is 0 Å². The Bertz CT molecular complexity index is 918. The number of rotatable bonds is 10. The number of hydrogen-bond acceptors (Lipinski definition) is 0. The first-order valence-electron chi connectivity index (χ1n) is 22.0. The molecule has 0 heterocycles. The van der Waals surface area contributed by atoms with Gasteiger partial charge in [0.25, 0.3) is 0 Å². The van der Waals surface area contributed by atoms with Crippen LogP contribution in [0.2, 0.25) is 0 Å². The van der Waals surface area contributed by atoms with Crippen LogP contribution in [0, 0.1) is 5.82 Å². The Morgan fingerprint density at radius 2 is 0.667 bits per heavy atom. The van der Waals surface area contributed by atoms with E-state index >= 15 is 4.39 Å². The van der Waals surface area contributed by atoms with Crippen molar-refractivity contribution in [2.24, 2.45) is 0 Å². The molecule has 1 aromatic carbocycles. The molecule has 276 valence electrons. The molecular formula is C44H75FP2Ru. The second-order valence-electron chi connectivity index (χ2n) is 18.4. The van der Waals surface area contributed by atoms with E-state index in [2.05, 4.69) is 12.1 Å². The van der Waals surface area contributed by atoms with Crippen LogP contribution in [0.5, 0.6) is 0 Å². The fourth-order valence-electron chi connectivity index (χ4n) is 15.0. The van der Waals surface area contributed by atoms with Gasteiger partial charge in [0.05, 0.1) is 0 Å². The fourth-order valence-corrected chi connectivity index (χ4v) is 39.7. The smallest absolute Gasteiger partial charge is 0 e. The Morgan fingerprint density at radius 1 is 0.417 bits per heavy atom. The molecule has 6 aliphatic rings. The van der Waals surface area contributed by atoms with Crippen molar-refractivity contribution in [3.05, 3.63) is 35.6 Å². The van der Waals surface area contributed by atoms with Crippen LogP contribution in [0.15, 0.2) is 24.3 Å². The van der Waals surface area contributed by atoms with Crippen molar-refractivity contribution >= 4 is 14.5 Å². The van der Waals surface area contributed by atoms with E-state index in [-0.39, 0.29) is 25.3 Å². The predicted molar refractivity (Wildman–Crippen MR) is 212 cm³/mol. The van der Waals surface area contributed by atoms with E-state index in [4.69, 9.17) is 0 Å². The van der Waals surface area contributed by atoms with Gasteiger partial charge in [-0.05, 0) is 0 Å². The molecular weight excluding hydrogens is 710 g/mol. The largest absolute Gasteiger partial charge is 0 e. The van der Waals surface area contributed by atoms with Gasteiger partial charge < -0.3 is 0 Å². The van der Waals surface area contributed by atoms with E-state index in [0.717, 1.165) is 39.4 Å². The normalized spacial score (nSPS) is 27.3. The molecule has 0 N–H and O–H groups in total. The minimum atomic E-state index is -1.92. The molecule has 0 amide bonds. The first-order valence-corrected chi connectivity index (χ1v) is 26.6. The first kappa shape index (κ1) is 38.4. The first-order chi connectivity index (χ1) is 23.3. The molecule has 0 unspecified atom stereocenters. The van der Waals surface area contributed by atoms with Crippen LogP contribution in [-0.2, 0) is 25.9 Å². The van der Waals surface area contributed by atoms with Crippen LogP contribution in [0.3, 0.4) is 0 Å². The SMILES string of the molecule is Fc1ccccc1CC([PH](C1CCCCC1)(C1CCCCC1)C1CCCCC1)[PH](C1CCCCC1)(C1CCCCC1)C1CCCCC1.[Ru]. The maximum atomic E-state index is 16.4. The van der Waals surface area contributed by atoms with Gasteiger partial charge in [0.15, 0.2) is 0 Å². The maximum absolute atomic E-state index is 16.4. The predicted octanol–water partition coefficient (Wildman–Crippen LogP) is 14.2. The molecule has 1 aromatic rings. The number of halogens is 1. The van der Waals surface area contributed by atoms with Crippen LogP contribution in [0.1, 0.15) is 198 Å². The third kappa shape index (κ3) is 7.79. The Morgan fingerprint density at radius 3 is 0.917 bits per heavy atom. The molecule has 0 spiro atoms. The fraction of sp³-hybridized carbons (Fsp3) is 0.864. The van der Waals surface area contributed by atoms with Gasteiger partial charge in [-0.3, -0.25) is 0 Å². The van der Waals surface area contributed by atoms with Crippen molar-refractivity contribution < 1.29 is 23.9 Å². The van der Waals surface area contributed by atoms with Gasteiger partial charge in [-0.15, -0.1) is 0 Å². The summed E-state index contributed by atoms with van der Waals surface area (Å²) in [4.78, 5) is 0. The van der Waals surface area contributed by atoms with Gasteiger partial charge in [0.2, 0.25) is 0 Å². The third-order valence-corrected chi connectivity index (χ3v) is 34.2. The number of hydrogen-bond donors (Lipinski definition) is 0. The summed E-state index contributed by atoms with van der Waals surface area (Å²) in [6, 6.07) is 8.40. The Kier molecular flexibility index (Phi) is 14.9. The Hall–Kier alpha value is 0.633. The van der Waals surface area contributed by atoms with Crippen LogP contribution < -0.4 is 0 Å². The van der Waals surface area contributed by atoms with Crippen molar-refractivity contribution in [2.45, 2.75) is 238 Å². The molecule has 4 heteroatoms. The van der Waals surface area contributed by atoms with Crippen LogP contribution in [0.4, 0.5) is 4.39 Å². The maximum Gasteiger partial charge on any atom is 0 e. The van der Waals surface area contributed by atoms with E-state index in [0.29, 0.717) is 0 Å². The summed E-state index contributed by atoms with van der Waals surface area (Å²) in [5, 5.41) is 0.940. The van der Waals surface area contributed by atoms with E-state index in [1.807, 2.05) is 12.1 Å². The minimum Gasteiger partial charge on any atom is 0 e. The summed E-state index contributed by atoms with van der Waals surface area (Å²) < 4.78 is 16.4. The molecule has 0 radical (unpaired) electrons. The van der Waals surface area contributed by atoms with Crippen molar-refractivity contribution in [1.29, 1.82) is 0 Å². The molecule has 0 aliphatic heterocycles. The van der Waals surface area contributed by atoms with E-state index < -0.39 is 14.5 Å². The second kappa shape index (κ2) is 18.6.